The van der Waals surface area contributed by atoms with Gasteiger partial charge >= 0.3 is 0 Å². The second kappa shape index (κ2) is 4.34. The summed E-state index contributed by atoms with van der Waals surface area (Å²) in [4.78, 5) is 2.53. The minimum atomic E-state index is 0.634. The molecule has 92 valence electrons. The van der Waals surface area contributed by atoms with Crippen LogP contribution in [-0.4, -0.2) is 26.2 Å². The fourth-order valence-corrected chi connectivity index (χ4v) is 3.16. The van der Waals surface area contributed by atoms with Crippen LogP contribution in [0.4, 0.5) is 5.69 Å². The van der Waals surface area contributed by atoms with Gasteiger partial charge in [0, 0.05) is 24.2 Å². The highest BCUT2D eigenvalue weighted by molar-refractivity contribution is 5.51. The second-order valence-electron chi connectivity index (χ2n) is 5.63. The summed E-state index contributed by atoms with van der Waals surface area (Å²) in [6.45, 7) is 7.16. The fourth-order valence-electron chi connectivity index (χ4n) is 3.16. The highest BCUT2D eigenvalue weighted by Gasteiger charge is 2.43. The lowest BCUT2D eigenvalue weighted by molar-refractivity contribution is 0.150. The number of nitrogens with one attached hydrogen (secondary N) is 1. The molecule has 0 unspecified atom stereocenters. The molecule has 2 heteroatoms. The molecular formula is C15H22N2. The van der Waals surface area contributed by atoms with Crippen molar-refractivity contribution in [2.45, 2.75) is 26.2 Å². The van der Waals surface area contributed by atoms with Gasteiger partial charge in [0.2, 0.25) is 0 Å². The Kier molecular flexibility index (Phi) is 2.83. The van der Waals surface area contributed by atoms with Crippen LogP contribution in [0, 0.1) is 5.41 Å². The van der Waals surface area contributed by atoms with E-state index in [9.17, 15) is 0 Å². The van der Waals surface area contributed by atoms with Crippen LogP contribution < -0.4 is 10.2 Å². The normalized spacial score (nSPS) is 22.5. The number of rotatable bonds is 2. The third kappa shape index (κ3) is 2.06. The van der Waals surface area contributed by atoms with Crippen LogP contribution in [0.15, 0.2) is 24.3 Å². The van der Waals surface area contributed by atoms with Crippen LogP contribution in [0.25, 0.3) is 0 Å². The molecule has 0 atom stereocenters. The first-order valence-electron chi connectivity index (χ1n) is 6.86. The standard InChI is InChI=1S/C15H22N2/c1-2-13-3-5-14(6-4-13)17-11-15(12-17)7-9-16-10-8-15/h3-6,16H,2,7-12H2,1H3. The molecule has 0 saturated carbocycles. The average molecular weight is 230 g/mol. The van der Waals surface area contributed by atoms with E-state index in [1.807, 2.05) is 0 Å². The predicted octanol–water partition coefficient (Wildman–Crippen LogP) is 2.44. The molecule has 0 radical (unpaired) electrons. The Morgan fingerprint density at radius 1 is 1.12 bits per heavy atom. The maximum absolute atomic E-state index is 3.46. The topological polar surface area (TPSA) is 15.3 Å². The lowest BCUT2D eigenvalue weighted by Gasteiger charge is -2.53. The summed E-state index contributed by atoms with van der Waals surface area (Å²) in [5.74, 6) is 0. The Hall–Kier alpha value is -1.02. The van der Waals surface area contributed by atoms with Crippen molar-refractivity contribution in [2.75, 3.05) is 31.1 Å². The van der Waals surface area contributed by atoms with E-state index in [2.05, 4.69) is 41.4 Å². The van der Waals surface area contributed by atoms with Crippen LogP contribution in [0.5, 0.6) is 0 Å². The molecule has 2 aliphatic rings. The van der Waals surface area contributed by atoms with Crippen molar-refractivity contribution in [3.8, 4) is 0 Å². The summed E-state index contributed by atoms with van der Waals surface area (Å²) >= 11 is 0. The molecule has 1 aromatic rings. The molecular weight excluding hydrogens is 208 g/mol. The summed E-state index contributed by atoms with van der Waals surface area (Å²) in [5.41, 5.74) is 3.48. The summed E-state index contributed by atoms with van der Waals surface area (Å²) in [5, 5.41) is 3.46. The Balaban J connectivity index is 1.63. The van der Waals surface area contributed by atoms with E-state index in [1.54, 1.807) is 0 Å². The van der Waals surface area contributed by atoms with E-state index in [0.29, 0.717) is 5.41 Å². The van der Waals surface area contributed by atoms with Crippen molar-refractivity contribution in [3.05, 3.63) is 29.8 Å². The first-order chi connectivity index (χ1) is 8.31. The minimum absolute atomic E-state index is 0.634. The Morgan fingerprint density at radius 3 is 2.35 bits per heavy atom. The zero-order valence-corrected chi connectivity index (χ0v) is 10.7. The van der Waals surface area contributed by atoms with Gasteiger partial charge in [-0.25, -0.2) is 0 Å². The molecule has 2 saturated heterocycles. The molecule has 1 N–H and O–H groups in total. The monoisotopic (exact) mass is 230 g/mol. The number of hydrogen-bond donors (Lipinski definition) is 1. The molecule has 17 heavy (non-hydrogen) atoms. The molecule has 2 nitrogen and oxygen atoms in total. The van der Waals surface area contributed by atoms with E-state index < -0.39 is 0 Å². The number of benzene rings is 1. The summed E-state index contributed by atoms with van der Waals surface area (Å²) in [7, 11) is 0. The van der Waals surface area contributed by atoms with Crippen LogP contribution in [0.2, 0.25) is 0 Å². The van der Waals surface area contributed by atoms with Crippen molar-refractivity contribution in [3.63, 3.8) is 0 Å². The maximum atomic E-state index is 3.46. The number of aryl methyl sites for hydroxylation is 1. The minimum Gasteiger partial charge on any atom is -0.370 e. The molecule has 1 spiro atoms. The number of hydrogen-bond acceptors (Lipinski definition) is 2. The quantitative estimate of drug-likeness (QED) is 0.839. The van der Waals surface area contributed by atoms with E-state index in [1.165, 1.54) is 50.3 Å². The average Bonchev–Trinajstić information content (AvgIpc) is 2.37. The smallest absolute Gasteiger partial charge is 0.0366 e. The van der Waals surface area contributed by atoms with Crippen LogP contribution >= 0.6 is 0 Å². The van der Waals surface area contributed by atoms with Gasteiger partial charge in [-0.3, -0.25) is 0 Å². The van der Waals surface area contributed by atoms with Crippen molar-refractivity contribution in [2.24, 2.45) is 5.41 Å². The molecule has 2 aliphatic heterocycles. The van der Waals surface area contributed by atoms with Crippen molar-refractivity contribution >= 4 is 5.69 Å². The van der Waals surface area contributed by atoms with E-state index in [4.69, 9.17) is 0 Å². The highest BCUT2D eigenvalue weighted by Crippen LogP contribution is 2.40. The lowest BCUT2D eigenvalue weighted by atomic mass is 9.72. The Labute approximate surface area is 104 Å². The van der Waals surface area contributed by atoms with Gasteiger partial charge in [-0.15, -0.1) is 0 Å². The zero-order chi connectivity index (χ0) is 11.7. The zero-order valence-electron chi connectivity index (χ0n) is 10.7. The Bertz CT molecular complexity index is 368. The van der Waals surface area contributed by atoms with Gasteiger partial charge in [0.25, 0.3) is 0 Å². The molecule has 0 aromatic heterocycles. The van der Waals surface area contributed by atoms with Gasteiger partial charge in [-0.1, -0.05) is 19.1 Å². The first kappa shape index (κ1) is 11.1. The van der Waals surface area contributed by atoms with E-state index >= 15 is 0 Å². The van der Waals surface area contributed by atoms with Crippen LogP contribution in [-0.2, 0) is 6.42 Å². The number of nitrogens with zero attached hydrogens (tertiary/aromatic N) is 1. The molecule has 0 aliphatic carbocycles. The third-order valence-corrected chi connectivity index (χ3v) is 4.43. The predicted molar refractivity (Wildman–Crippen MR) is 72.6 cm³/mol. The maximum Gasteiger partial charge on any atom is 0.0366 e. The number of anilines is 1. The van der Waals surface area contributed by atoms with Gasteiger partial charge in [-0.2, -0.15) is 0 Å². The van der Waals surface area contributed by atoms with Crippen LogP contribution in [0.3, 0.4) is 0 Å². The van der Waals surface area contributed by atoms with E-state index in [0.717, 1.165) is 6.42 Å². The van der Waals surface area contributed by atoms with Gasteiger partial charge in [0.1, 0.15) is 0 Å². The molecule has 0 bridgehead atoms. The van der Waals surface area contributed by atoms with Gasteiger partial charge < -0.3 is 10.2 Å². The molecule has 3 rings (SSSR count). The van der Waals surface area contributed by atoms with E-state index in [-0.39, 0.29) is 0 Å². The number of piperidine rings is 1. The van der Waals surface area contributed by atoms with Crippen molar-refractivity contribution in [1.29, 1.82) is 0 Å². The van der Waals surface area contributed by atoms with Crippen LogP contribution in [0.1, 0.15) is 25.3 Å². The van der Waals surface area contributed by atoms with Gasteiger partial charge in [-0.05, 0) is 50.0 Å². The molecule has 1 aromatic carbocycles. The van der Waals surface area contributed by atoms with Crippen molar-refractivity contribution < 1.29 is 0 Å². The molecule has 2 heterocycles. The Morgan fingerprint density at radius 2 is 1.76 bits per heavy atom. The third-order valence-electron chi connectivity index (χ3n) is 4.43. The highest BCUT2D eigenvalue weighted by atomic mass is 15.2. The summed E-state index contributed by atoms with van der Waals surface area (Å²) in [6, 6.07) is 9.10. The molecule has 0 amide bonds. The van der Waals surface area contributed by atoms with Gasteiger partial charge in [0.15, 0.2) is 0 Å². The molecule has 2 fully saturated rings. The fraction of sp³-hybridized carbons (Fsp3) is 0.600. The summed E-state index contributed by atoms with van der Waals surface area (Å²) < 4.78 is 0. The van der Waals surface area contributed by atoms with Crippen molar-refractivity contribution in [1.82, 2.24) is 5.32 Å². The first-order valence-corrected chi connectivity index (χ1v) is 6.86. The summed E-state index contributed by atoms with van der Waals surface area (Å²) in [6.07, 6.45) is 3.85. The second-order valence-corrected chi connectivity index (χ2v) is 5.63. The largest absolute Gasteiger partial charge is 0.370 e. The van der Waals surface area contributed by atoms with Gasteiger partial charge in [0.05, 0.1) is 0 Å². The SMILES string of the molecule is CCc1ccc(N2CC3(CCNCC3)C2)cc1. The lowest BCUT2D eigenvalue weighted by Crippen LogP contribution is -2.60.